The van der Waals surface area contributed by atoms with Crippen molar-refractivity contribution in [2.45, 2.75) is 25.0 Å². The largest absolute Gasteiger partial charge is 0.385 e. The highest BCUT2D eigenvalue weighted by atomic mass is 79.9. The number of thiophene rings is 1. The summed E-state index contributed by atoms with van der Waals surface area (Å²) < 4.78 is 6.33. The van der Waals surface area contributed by atoms with Gasteiger partial charge in [-0.25, -0.2) is 0 Å². The molecule has 1 aliphatic carbocycles. The van der Waals surface area contributed by atoms with Crippen LogP contribution in [-0.4, -0.2) is 18.3 Å². The Hall–Kier alpha value is 0.100. The van der Waals surface area contributed by atoms with E-state index in [0.29, 0.717) is 5.92 Å². The highest BCUT2D eigenvalue weighted by Crippen LogP contribution is 2.42. The fraction of sp³-hybridized carbons (Fsp3) is 0.600. The van der Waals surface area contributed by atoms with E-state index in [9.17, 15) is 5.11 Å². The minimum absolute atomic E-state index is 0.0371. The SMILES string of the molecule is COC(C1CC1)C(O)c1sccc1Br. The average molecular weight is 277 g/mol. The zero-order valence-corrected chi connectivity index (χ0v) is 10.3. The van der Waals surface area contributed by atoms with Gasteiger partial charge in [-0.3, -0.25) is 0 Å². The zero-order chi connectivity index (χ0) is 10.1. The molecule has 1 saturated carbocycles. The van der Waals surface area contributed by atoms with Crippen molar-refractivity contribution < 1.29 is 9.84 Å². The predicted octanol–water partition coefficient (Wildman–Crippen LogP) is 2.97. The number of ether oxygens (including phenoxy) is 1. The fourth-order valence-corrected chi connectivity index (χ4v) is 3.30. The molecule has 2 unspecified atom stereocenters. The zero-order valence-electron chi connectivity index (χ0n) is 7.94. The van der Waals surface area contributed by atoms with Crippen molar-refractivity contribution in [1.82, 2.24) is 0 Å². The Morgan fingerprint density at radius 3 is 2.79 bits per heavy atom. The van der Waals surface area contributed by atoms with E-state index in [1.165, 1.54) is 12.8 Å². The lowest BCUT2D eigenvalue weighted by Gasteiger charge is -2.20. The van der Waals surface area contributed by atoms with Crippen LogP contribution in [0.3, 0.4) is 0 Å². The molecule has 1 aromatic heterocycles. The lowest BCUT2D eigenvalue weighted by Crippen LogP contribution is -2.22. The quantitative estimate of drug-likeness (QED) is 0.916. The molecule has 0 aromatic carbocycles. The van der Waals surface area contributed by atoms with Crippen LogP contribution in [0, 0.1) is 5.92 Å². The van der Waals surface area contributed by atoms with Crippen molar-refractivity contribution in [1.29, 1.82) is 0 Å². The molecule has 0 bridgehead atoms. The second kappa shape index (κ2) is 4.31. The van der Waals surface area contributed by atoms with Crippen LogP contribution >= 0.6 is 27.3 Å². The summed E-state index contributed by atoms with van der Waals surface area (Å²) in [5, 5.41) is 12.1. The van der Waals surface area contributed by atoms with Crippen molar-refractivity contribution in [2.75, 3.05) is 7.11 Å². The molecule has 2 rings (SSSR count). The summed E-state index contributed by atoms with van der Waals surface area (Å²) in [6, 6.07) is 1.96. The number of aliphatic hydroxyl groups is 1. The topological polar surface area (TPSA) is 29.5 Å². The third kappa shape index (κ3) is 2.03. The Kier molecular flexibility index (Phi) is 3.27. The minimum atomic E-state index is -0.484. The van der Waals surface area contributed by atoms with E-state index in [1.54, 1.807) is 18.4 Å². The molecule has 1 N–H and O–H groups in total. The van der Waals surface area contributed by atoms with Crippen LogP contribution in [-0.2, 0) is 4.74 Å². The van der Waals surface area contributed by atoms with Gasteiger partial charge < -0.3 is 9.84 Å². The van der Waals surface area contributed by atoms with Gasteiger partial charge in [-0.15, -0.1) is 11.3 Å². The standard InChI is InChI=1S/C10H13BrO2S/c1-13-9(6-2-3-6)8(12)10-7(11)4-5-14-10/h4-6,8-9,12H,2-3H2,1H3. The Balaban J connectivity index is 2.13. The first-order valence-electron chi connectivity index (χ1n) is 4.67. The van der Waals surface area contributed by atoms with Crippen LogP contribution in [0.5, 0.6) is 0 Å². The number of halogens is 1. The Morgan fingerprint density at radius 2 is 2.36 bits per heavy atom. The first-order valence-corrected chi connectivity index (χ1v) is 6.35. The van der Waals surface area contributed by atoms with Gasteiger partial charge in [-0.05, 0) is 46.1 Å². The number of hydrogen-bond donors (Lipinski definition) is 1. The lowest BCUT2D eigenvalue weighted by atomic mass is 10.1. The molecule has 0 radical (unpaired) electrons. The lowest BCUT2D eigenvalue weighted by molar-refractivity contribution is -0.0245. The van der Waals surface area contributed by atoms with Crippen molar-refractivity contribution >= 4 is 27.3 Å². The fourth-order valence-electron chi connectivity index (χ4n) is 1.67. The molecule has 14 heavy (non-hydrogen) atoms. The summed E-state index contributed by atoms with van der Waals surface area (Å²) in [7, 11) is 1.67. The molecule has 1 heterocycles. The molecule has 0 aliphatic heterocycles. The van der Waals surface area contributed by atoms with Gasteiger partial charge in [0.15, 0.2) is 0 Å². The smallest absolute Gasteiger partial charge is 0.116 e. The first-order chi connectivity index (χ1) is 6.74. The van der Waals surface area contributed by atoms with Gasteiger partial charge in [0.2, 0.25) is 0 Å². The third-order valence-electron chi connectivity index (χ3n) is 2.58. The molecule has 0 spiro atoms. The third-order valence-corrected chi connectivity index (χ3v) is 4.52. The molecule has 1 aromatic rings. The summed E-state index contributed by atoms with van der Waals surface area (Å²) >= 11 is 5.00. The Labute approximate surface area is 96.0 Å². The van der Waals surface area contributed by atoms with E-state index in [0.717, 1.165) is 9.35 Å². The molecule has 0 saturated heterocycles. The van der Waals surface area contributed by atoms with Gasteiger partial charge >= 0.3 is 0 Å². The molecule has 78 valence electrons. The molecule has 1 aliphatic rings. The maximum absolute atomic E-state index is 10.1. The summed E-state index contributed by atoms with van der Waals surface area (Å²) in [4.78, 5) is 0.976. The van der Waals surface area contributed by atoms with Gasteiger partial charge in [0.05, 0.1) is 6.10 Å². The summed E-state index contributed by atoms with van der Waals surface area (Å²) in [6.45, 7) is 0. The van der Waals surface area contributed by atoms with Gasteiger partial charge in [0, 0.05) is 16.5 Å². The second-order valence-corrected chi connectivity index (χ2v) is 5.42. The molecule has 1 fully saturated rings. The normalized spacial score (nSPS) is 20.8. The summed E-state index contributed by atoms with van der Waals surface area (Å²) in [5.74, 6) is 0.545. The van der Waals surface area contributed by atoms with E-state index >= 15 is 0 Å². The second-order valence-electron chi connectivity index (χ2n) is 3.62. The number of hydrogen-bond acceptors (Lipinski definition) is 3. The Morgan fingerprint density at radius 1 is 1.64 bits per heavy atom. The van der Waals surface area contributed by atoms with Gasteiger partial charge in [-0.2, -0.15) is 0 Å². The molecular weight excluding hydrogens is 264 g/mol. The van der Waals surface area contributed by atoms with E-state index < -0.39 is 6.10 Å². The number of aliphatic hydroxyl groups excluding tert-OH is 1. The molecule has 2 atom stereocenters. The highest BCUT2D eigenvalue weighted by molar-refractivity contribution is 9.10. The van der Waals surface area contributed by atoms with Crippen molar-refractivity contribution in [3.05, 3.63) is 20.8 Å². The van der Waals surface area contributed by atoms with Crippen LogP contribution in [0.4, 0.5) is 0 Å². The molecular formula is C10H13BrO2S. The van der Waals surface area contributed by atoms with E-state index in [1.807, 2.05) is 11.4 Å². The van der Waals surface area contributed by atoms with Crippen LogP contribution in [0.25, 0.3) is 0 Å². The highest BCUT2D eigenvalue weighted by Gasteiger charge is 2.37. The first kappa shape index (κ1) is 10.6. The molecule has 0 amide bonds. The number of methoxy groups -OCH3 is 1. The van der Waals surface area contributed by atoms with Crippen molar-refractivity contribution in [2.24, 2.45) is 5.92 Å². The van der Waals surface area contributed by atoms with E-state index in [4.69, 9.17) is 4.74 Å². The summed E-state index contributed by atoms with van der Waals surface area (Å²) in [6.07, 6.45) is 1.84. The maximum atomic E-state index is 10.1. The van der Waals surface area contributed by atoms with Crippen LogP contribution < -0.4 is 0 Å². The Bertz CT molecular complexity index is 309. The van der Waals surface area contributed by atoms with Crippen LogP contribution in [0.15, 0.2) is 15.9 Å². The van der Waals surface area contributed by atoms with Crippen LogP contribution in [0.2, 0.25) is 0 Å². The molecule has 2 nitrogen and oxygen atoms in total. The van der Waals surface area contributed by atoms with Gasteiger partial charge in [0.25, 0.3) is 0 Å². The monoisotopic (exact) mass is 276 g/mol. The average Bonchev–Trinajstić information content (AvgIpc) is 2.90. The summed E-state index contributed by atoms with van der Waals surface area (Å²) in [5.41, 5.74) is 0. The molecule has 4 heteroatoms. The predicted molar refractivity (Wildman–Crippen MR) is 60.5 cm³/mol. The van der Waals surface area contributed by atoms with Gasteiger partial charge in [-0.1, -0.05) is 0 Å². The van der Waals surface area contributed by atoms with Crippen molar-refractivity contribution in [3.63, 3.8) is 0 Å². The minimum Gasteiger partial charge on any atom is -0.385 e. The van der Waals surface area contributed by atoms with Crippen LogP contribution in [0.1, 0.15) is 23.8 Å². The number of rotatable bonds is 4. The maximum Gasteiger partial charge on any atom is 0.116 e. The van der Waals surface area contributed by atoms with Gasteiger partial charge in [0.1, 0.15) is 6.10 Å². The van der Waals surface area contributed by atoms with Crippen molar-refractivity contribution in [3.8, 4) is 0 Å². The van der Waals surface area contributed by atoms with E-state index in [2.05, 4.69) is 15.9 Å². The van der Waals surface area contributed by atoms with E-state index in [-0.39, 0.29) is 6.10 Å².